The molecule has 0 saturated carbocycles. The van der Waals surface area contributed by atoms with Crippen molar-refractivity contribution in [1.82, 2.24) is 0 Å². The van der Waals surface area contributed by atoms with Crippen molar-refractivity contribution < 1.29 is 31.1 Å². The second-order valence-electron chi connectivity index (χ2n) is 8.56. The van der Waals surface area contributed by atoms with E-state index in [1.54, 1.807) is 0 Å². The van der Waals surface area contributed by atoms with Gasteiger partial charge in [-0.3, -0.25) is 4.48 Å². The molecular formula is C23H50ClNO3. The lowest BCUT2D eigenvalue weighted by molar-refractivity contribution is -0.955. The Morgan fingerprint density at radius 1 is 0.750 bits per heavy atom. The monoisotopic (exact) mass is 423 g/mol. The molecule has 0 amide bonds. The zero-order chi connectivity index (χ0) is 20.4. The zero-order valence-electron chi connectivity index (χ0n) is 19.8. The molecule has 0 aliphatic heterocycles. The first-order chi connectivity index (χ1) is 13.0. The minimum atomic E-state index is 0. The lowest BCUT2D eigenvalue weighted by Gasteiger charge is -2.36. The van der Waals surface area contributed by atoms with E-state index in [-0.39, 0.29) is 24.7 Å². The van der Waals surface area contributed by atoms with Crippen LogP contribution in [0.25, 0.3) is 0 Å². The van der Waals surface area contributed by atoms with Crippen LogP contribution in [0.15, 0.2) is 0 Å². The highest BCUT2D eigenvalue weighted by Gasteiger charge is 2.27. The molecule has 0 saturated heterocycles. The smallest absolute Gasteiger partial charge is 0.196 e. The first-order valence-corrected chi connectivity index (χ1v) is 11.6. The van der Waals surface area contributed by atoms with Crippen LogP contribution in [-0.2, 0) is 14.2 Å². The summed E-state index contributed by atoms with van der Waals surface area (Å²) in [5.74, 6) is 0. The van der Waals surface area contributed by atoms with Gasteiger partial charge in [-0.1, -0.05) is 78.6 Å². The van der Waals surface area contributed by atoms with Gasteiger partial charge in [0.1, 0.15) is 0 Å². The first-order valence-electron chi connectivity index (χ1n) is 11.6. The maximum Gasteiger partial charge on any atom is 0.196 e. The molecule has 0 N–H and O–H groups in total. The van der Waals surface area contributed by atoms with Crippen LogP contribution < -0.4 is 12.4 Å². The average molecular weight is 424 g/mol. The highest BCUT2D eigenvalue weighted by molar-refractivity contribution is 4.50. The zero-order valence-corrected chi connectivity index (χ0v) is 20.6. The molecule has 0 aliphatic rings. The molecule has 0 aromatic rings. The first kappa shape index (κ1) is 30.3. The molecule has 0 fully saturated rings. The average Bonchev–Trinajstić information content (AvgIpc) is 2.64. The third kappa shape index (κ3) is 17.0. The van der Waals surface area contributed by atoms with Crippen LogP contribution in [0, 0.1) is 0 Å². The van der Waals surface area contributed by atoms with Crippen LogP contribution >= 0.6 is 0 Å². The number of quaternary nitrogens is 1. The molecule has 0 aromatic carbocycles. The summed E-state index contributed by atoms with van der Waals surface area (Å²) < 4.78 is 18.6. The van der Waals surface area contributed by atoms with E-state index in [4.69, 9.17) is 14.2 Å². The third-order valence-electron chi connectivity index (χ3n) is 5.27. The number of nitrogens with zero attached hydrogens (tertiary/aromatic N) is 1. The van der Waals surface area contributed by atoms with E-state index in [0.29, 0.717) is 13.5 Å². The molecule has 0 rings (SSSR count). The van der Waals surface area contributed by atoms with E-state index in [1.165, 1.54) is 64.2 Å². The summed E-state index contributed by atoms with van der Waals surface area (Å²) in [5, 5.41) is 0. The fourth-order valence-electron chi connectivity index (χ4n) is 3.36. The number of rotatable bonds is 20. The molecule has 172 valence electrons. The van der Waals surface area contributed by atoms with Gasteiger partial charge in [0.25, 0.3) is 0 Å². The SMILES string of the molecule is CCCCCCCCOC[N+](C)(C)C(CC)OCOC(C)CCCCCC.[Cl-]. The Labute approximate surface area is 182 Å². The summed E-state index contributed by atoms with van der Waals surface area (Å²) in [6.07, 6.45) is 15.5. The predicted octanol–water partition coefficient (Wildman–Crippen LogP) is 3.49. The molecule has 28 heavy (non-hydrogen) atoms. The molecule has 2 unspecified atom stereocenters. The number of hydrogen-bond donors (Lipinski definition) is 0. The van der Waals surface area contributed by atoms with Crippen molar-refractivity contribution in [3.05, 3.63) is 0 Å². The minimum absolute atomic E-state index is 0. The maximum absolute atomic E-state index is 6.05. The Morgan fingerprint density at radius 3 is 1.93 bits per heavy atom. The predicted molar refractivity (Wildman–Crippen MR) is 116 cm³/mol. The highest BCUT2D eigenvalue weighted by Crippen LogP contribution is 2.14. The molecule has 0 heterocycles. The molecule has 0 spiro atoms. The summed E-state index contributed by atoms with van der Waals surface area (Å²) in [6.45, 7) is 10.8. The Hall–Kier alpha value is 0.130. The van der Waals surface area contributed by atoms with Crippen LogP contribution in [0.4, 0.5) is 0 Å². The van der Waals surface area contributed by atoms with Gasteiger partial charge < -0.3 is 26.6 Å². The largest absolute Gasteiger partial charge is 1.00 e. The number of unbranched alkanes of at least 4 members (excludes halogenated alkanes) is 8. The van der Waals surface area contributed by atoms with Gasteiger partial charge in [-0.25, -0.2) is 0 Å². The molecule has 4 nitrogen and oxygen atoms in total. The van der Waals surface area contributed by atoms with E-state index in [0.717, 1.165) is 23.9 Å². The molecule has 0 aromatic heterocycles. The number of ether oxygens (including phenoxy) is 3. The quantitative estimate of drug-likeness (QED) is 0.170. The van der Waals surface area contributed by atoms with Crippen LogP contribution in [0.2, 0.25) is 0 Å². The second-order valence-corrected chi connectivity index (χ2v) is 8.56. The van der Waals surface area contributed by atoms with Crippen molar-refractivity contribution in [2.75, 3.05) is 34.2 Å². The molecular weight excluding hydrogens is 374 g/mol. The van der Waals surface area contributed by atoms with Crippen molar-refractivity contribution in [3.63, 3.8) is 0 Å². The van der Waals surface area contributed by atoms with Crippen molar-refractivity contribution in [2.45, 2.75) is 117 Å². The van der Waals surface area contributed by atoms with Gasteiger partial charge in [-0.2, -0.15) is 0 Å². The summed E-state index contributed by atoms with van der Waals surface area (Å²) in [6, 6.07) is 0. The van der Waals surface area contributed by atoms with Crippen molar-refractivity contribution in [3.8, 4) is 0 Å². The summed E-state index contributed by atoms with van der Waals surface area (Å²) >= 11 is 0. The van der Waals surface area contributed by atoms with E-state index in [2.05, 4.69) is 41.8 Å². The van der Waals surface area contributed by atoms with E-state index >= 15 is 0 Å². The summed E-state index contributed by atoms with van der Waals surface area (Å²) in [5.41, 5.74) is 0. The lowest BCUT2D eigenvalue weighted by atomic mass is 10.1. The standard InChI is InChI=1S/C23H50NO3.ClH/c1-7-10-12-14-15-17-19-25-20-24(5,6)23(9-3)27-21-26-22(4)18-16-13-11-8-2;/h22-23H,7-21H2,1-6H3;1H/q+1;/p-1. The van der Waals surface area contributed by atoms with E-state index < -0.39 is 0 Å². The molecule has 5 heteroatoms. The van der Waals surface area contributed by atoms with Gasteiger partial charge in [-0.05, 0) is 19.8 Å². The van der Waals surface area contributed by atoms with Crippen molar-refractivity contribution >= 4 is 0 Å². The summed E-state index contributed by atoms with van der Waals surface area (Å²) in [7, 11) is 4.37. The highest BCUT2D eigenvalue weighted by atomic mass is 35.5. The van der Waals surface area contributed by atoms with E-state index in [1.807, 2.05) is 0 Å². The van der Waals surface area contributed by atoms with Crippen LogP contribution in [0.5, 0.6) is 0 Å². The number of halogens is 1. The normalized spacial score (nSPS) is 13.9. The molecule has 0 bridgehead atoms. The fraction of sp³-hybridized carbons (Fsp3) is 1.00. The van der Waals surface area contributed by atoms with Gasteiger partial charge >= 0.3 is 0 Å². The van der Waals surface area contributed by atoms with Crippen LogP contribution in [-0.4, -0.2) is 51.0 Å². The Bertz CT molecular complexity index is 316. The van der Waals surface area contributed by atoms with Gasteiger partial charge in [0, 0.05) is 6.42 Å². The minimum Gasteiger partial charge on any atom is -1.00 e. The fourth-order valence-corrected chi connectivity index (χ4v) is 3.36. The van der Waals surface area contributed by atoms with Crippen molar-refractivity contribution in [1.29, 1.82) is 0 Å². The molecule has 0 aliphatic carbocycles. The summed E-state index contributed by atoms with van der Waals surface area (Å²) in [4.78, 5) is 0. The van der Waals surface area contributed by atoms with E-state index in [9.17, 15) is 0 Å². The van der Waals surface area contributed by atoms with Crippen LogP contribution in [0.1, 0.15) is 105 Å². The van der Waals surface area contributed by atoms with Gasteiger partial charge in [0.2, 0.25) is 0 Å². The molecule has 0 radical (unpaired) electrons. The number of hydrogen-bond acceptors (Lipinski definition) is 3. The molecule has 2 atom stereocenters. The van der Waals surface area contributed by atoms with Gasteiger partial charge in [-0.15, -0.1) is 0 Å². The maximum atomic E-state index is 6.05. The van der Waals surface area contributed by atoms with Crippen LogP contribution in [0.3, 0.4) is 0 Å². The second kappa shape index (κ2) is 20.4. The Kier molecular flexibility index (Phi) is 22.1. The van der Waals surface area contributed by atoms with Crippen molar-refractivity contribution in [2.24, 2.45) is 0 Å². The third-order valence-corrected chi connectivity index (χ3v) is 5.27. The Balaban J connectivity index is 0. The van der Waals surface area contributed by atoms with Gasteiger partial charge in [0.05, 0.1) is 26.8 Å². The van der Waals surface area contributed by atoms with Gasteiger partial charge in [0.15, 0.2) is 19.8 Å². The topological polar surface area (TPSA) is 27.7 Å². The lowest BCUT2D eigenvalue weighted by Crippen LogP contribution is -3.00. The Morgan fingerprint density at radius 2 is 1.32 bits per heavy atom.